The van der Waals surface area contributed by atoms with Crippen molar-refractivity contribution in [2.24, 2.45) is 5.73 Å². The molecule has 1 rings (SSSR count). The zero-order valence-electron chi connectivity index (χ0n) is 20.6. The minimum atomic E-state index is -0.605. The molecular formula is C25H41N3O5. The monoisotopic (exact) mass is 463 g/mol. The molecule has 1 atom stereocenters. The van der Waals surface area contributed by atoms with Crippen LogP contribution in [-0.2, 0) is 32.1 Å². The van der Waals surface area contributed by atoms with Crippen LogP contribution in [0.5, 0.6) is 0 Å². The van der Waals surface area contributed by atoms with E-state index < -0.39 is 17.6 Å². The third-order valence-electron chi connectivity index (χ3n) is 4.97. The normalized spacial score (nSPS) is 12.1. The summed E-state index contributed by atoms with van der Waals surface area (Å²) in [5.41, 5.74) is 6.95. The van der Waals surface area contributed by atoms with Crippen molar-refractivity contribution < 1.29 is 23.9 Å². The molecule has 4 N–H and O–H groups in total. The van der Waals surface area contributed by atoms with Crippen molar-refractivity contribution in [1.29, 1.82) is 0 Å². The second-order valence-electron chi connectivity index (χ2n) is 9.27. The summed E-state index contributed by atoms with van der Waals surface area (Å²) in [6.07, 6.45) is 5.81. The van der Waals surface area contributed by atoms with Crippen LogP contribution in [0.25, 0.3) is 0 Å². The number of nitrogens with one attached hydrogen (secondary N) is 2. The van der Waals surface area contributed by atoms with Crippen LogP contribution in [0.15, 0.2) is 24.3 Å². The van der Waals surface area contributed by atoms with Gasteiger partial charge in [-0.05, 0) is 57.6 Å². The van der Waals surface area contributed by atoms with Gasteiger partial charge in [0.1, 0.15) is 5.60 Å². The van der Waals surface area contributed by atoms with E-state index in [4.69, 9.17) is 15.2 Å². The molecule has 0 fully saturated rings. The first-order chi connectivity index (χ1) is 15.6. The number of aryl methyl sites for hydroxylation is 1. The molecule has 0 aromatic heterocycles. The smallest absolute Gasteiger partial charge is 0.407 e. The summed E-state index contributed by atoms with van der Waals surface area (Å²) in [4.78, 5) is 34.4. The van der Waals surface area contributed by atoms with Crippen LogP contribution in [0.4, 0.5) is 4.79 Å². The number of hydrogen-bond donors (Lipinski definition) is 3. The van der Waals surface area contributed by atoms with Crippen molar-refractivity contribution in [2.75, 3.05) is 13.7 Å². The summed E-state index contributed by atoms with van der Waals surface area (Å²) in [6, 6.07) is 7.93. The molecule has 33 heavy (non-hydrogen) atoms. The van der Waals surface area contributed by atoms with Gasteiger partial charge in [-0.1, -0.05) is 37.1 Å². The van der Waals surface area contributed by atoms with Gasteiger partial charge in [-0.3, -0.25) is 9.59 Å². The lowest BCUT2D eigenvalue weighted by Crippen LogP contribution is -2.42. The predicted octanol–water partition coefficient (Wildman–Crippen LogP) is 3.60. The lowest BCUT2D eigenvalue weighted by molar-refractivity contribution is -0.121. The maximum atomic E-state index is 12.0. The van der Waals surface area contributed by atoms with Crippen molar-refractivity contribution >= 4 is 17.9 Å². The van der Waals surface area contributed by atoms with Gasteiger partial charge in [0.05, 0.1) is 19.3 Å². The SMILES string of the molecule is CNC(=O)CCCCCCc1ccc(COCC(CCC(N)=O)NC(=O)OC(C)(C)C)cc1. The molecule has 0 radical (unpaired) electrons. The van der Waals surface area contributed by atoms with Crippen molar-refractivity contribution in [3.05, 3.63) is 35.4 Å². The topological polar surface area (TPSA) is 120 Å². The molecule has 0 aliphatic heterocycles. The van der Waals surface area contributed by atoms with E-state index in [9.17, 15) is 14.4 Å². The first-order valence-corrected chi connectivity index (χ1v) is 11.7. The molecule has 0 heterocycles. The quantitative estimate of drug-likeness (QED) is 0.343. The Bertz CT molecular complexity index is 729. The average molecular weight is 464 g/mol. The molecule has 0 spiro atoms. The molecule has 0 aliphatic carbocycles. The number of benzene rings is 1. The summed E-state index contributed by atoms with van der Waals surface area (Å²) in [6.45, 7) is 6.03. The molecule has 0 saturated carbocycles. The van der Waals surface area contributed by atoms with E-state index in [1.807, 2.05) is 12.1 Å². The van der Waals surface area contributed by atoms with Crippen LogP contribution in [0.1, 0.15) is 76.8 Å². The summed E-state index contributed by atoms with van der Waals surface area (Å²) >= 11 is 0. The number of amides is 3. The van der Waals surface area contributed by atoms with E-state index in [1.54, 1.807) is 27.8 Å². The molecule has 1 aromatic rings. The maximum Gasteiger partial charge on any atom is 0.407 e. The fourth-order valence-electron chi connectivity index (χ4n) is 3.20. The van der Waals surface area contributed by atoms with Gasteiger partial charge in [0, 0.05) is 19.9 Å². The predicted molar refractivity (Wildman–Crippen MR) is 129 cm³/mol. The highest BCUT2D eigenvalue weighted by atomic mass is 16.6. The Morgan fingerprint density at radius 3 is 2.21 bits per heavy atom. The Morgan fingerprint density at radius 2 is 1.61 bits per heavy atom. The van der Waals surface area contributed by atoms with Gasteiger partial charge >= 0.3 is 6.09 Å². The average Bonchev–Trinajstić information content (AvgIpc) is 2.73. The summed E-state index contributed by atoms with van der Waals surface area (Å²) in [5, 5.41) is 5.40. The Kier molecular flexibility index (Phi) is 13.1. The van der Waals surface area contributed by atoms with Crippen LogP contribution in [0.3, 0.4) is 0 Å². The van der Waals surface area contributed by atoms with Crippen LogP contribution in [0, 0.1) is 0 Å². The third kappa shape index (κ3) is 15.0. The summed E-state index contributed by atoms with van der Waals surface area (Å²) < 4.78 is 11.1. The molecule has 3 amide bonds. The Labute approximate surface area is 198 Å². The number of nitrogens with two attached hydrogens (primary N) is 1. The fraction of sp³-hybridized carbons (Fsp3) is 0.640. The highest BCUT2D eigenvalue weighted by Gasteiger charge is 2.20. The number of carbonyl (C=O) groups excluding carboxylic acids is 3. The number of ether oxygens (including phenoxy) is 2. The van der Waals surface area contributed by atoms with E-state index in [-0.39, 0.29) is 25.0 Å². The first-order valence-electron chi connectivity index (χ1n) is 11.7. The Morgan fingerprint density at radius 1 is 0.970 bits per heavy atom. The van der Waals surface area contributed by atoms with E-state index in [1.165, 1.54) is 5.56 Å². The van der Waals surface area contributed by atoms with Crippen LogP contribution in [0.2, 0.25) is 0 Å². The van der Waals surface area contributed by atoms with E-state index in [2.05, 4.69) is 22.8 Å². The second-order valence-corrected chi connectivity index (χ2v) is 9.27. The minimum absolute atomic E-state index is 0.104. The van der Waals surface area contributed by atoms with Gasteiger partial charge in [-0.15, -0.1) is 0 Å². The van der Waals surface area contributed by atoms with Crippen molar-refractivity contribution in [2.45, 2.75) is 90.4 Å². The molecule has 0 aliphatic rings. The van der Waals surface area contributed by atoms with E-state index >= 15 is 0 Å². The first kappa shape index (κ1) is 28.4. The maximum absolute atomic E-state index is 12.0. The number of unbranched alkanes of at least 4 members (excludes halogenated alkanes) is 3. The van der Waals surface area contributed by atoms with E-state index in [0.717, 1.165) is 37.7 Å². The van der Waals surface area contributed by atoms with Gasteiger partial charge in [0.15, 0.2) is 0 Å². The van der Waals surface area contributed by atoms with Crippen molar-refractivity contribution in [3.63, 3.8) is 0 Å². The zero-order valence-corrected chi connectivity index (χ0v) is 20.6. The van der Waals surface area contributed by atoms with E-state index in [0.29, 0.717) is 19.4 Å². The molecule has 186 valence electrons. The molecule has 1 unspecified atom stereocenters. The van der Waals surface area contributed by atoms with Crippen LogP contribution >= 0.6 is 0 Å². The Balaban J connectivity index is 2.37. The van der Waals surface area contributed by atoms with Gasteiger partial charge in [0.2, 0.25) is 11.8 Å². The second kappa shape index (κ2) is 15.3. The largest absolute Gasteiger partial charge is 0.444 e. The molecule has 1 aromatic carbocycles. The molecule has 0 bridgehead atoms. The fourth-order valence-corrected chi connectivity index (χ4v) is 3.20. The Hall–Kier alpha value is -2.61. The third-order valence-corrected chi connectivity index (χ3v) is 4.97. The zero-order chi connectivity index (χ0) is 24.7. The van der Waals surface area contributed by atoms with Gasteiger partial charge < -0.3 is 25.8 Å². The van der Waals surface area contributed by atoms with Crippen molar-refractivity contribution in [3.8, 4) is 0 Å². The van der Waals surface area contributed by atoms with Gasteiger partial charge in [-0.2, -0.15) is 0 Å². The highest BCUT2D eigenvalue weighted by Crippen LogP contribution is 2.12. The van der Waals surface area contributed by atoms with Gasteiger partial charge in [-0.25, -0.2) is 4.79 Å². The number of alkyl carbamates (subject to hydrolysis) is 1. The highest BCUT2D eigenvalue weighted by molar-refractivity contribution is 5.75. The number of primary amides is 1. The standard InChI is InChI=1S/C25H41N3O5/c1-25(2,3)33-24(31)28-21(15-16-22(26)29)18-32-17-20-13-11-19(12-14-20)9-7-5-6-8-10-23(30)27-4/h11-14,21H,5-10,15-18H2,1-4H3,(H2,26,29)(H,27,30)(H,28,31). The minimum Gasteiger partial charge on any atom is -0.444 e. The molecular weight excluding hydrogens is 422 g/mol. The molecule has 8 heteroatoms. The van der Waals surface area contributed by atoms with Crippen molar-refractivity contribution in [1.82, 2.24) is 10.6 Å². The number of carbonyl (C=O) groups is 3. The number of hydrogen-bond acceptors (Lipinski definition) is 5. The van der Waals surface area contributed by atoms with Crippen LogP contribution < -0.4 is 16.4 Å². The summed E-state index contributed by atoms with van der Waals surface area (Å²) in [5.74, 6) is -0.319. The lowest BCUT2D eigenvalue weighted by Gasteiger charge is -2.23. The molecule has 0 saturated heterocycles. The summed E-state index contributed by atoms with van der Waals surface area (Å²) in [7, 11) is 1.67. The number of rotatable bonds is 15. The van der Waals surface area contributed by atoms with Crippen LogP contribution in [-0.4, -0.2) is 43.2 Å². The lowest BCUT2D eigenvalue weighted by atomic mass is 10.0. The van der Waals surface area contributed by atoms with Gasteiger partial charge in [0.25, 0.3) is 0 Å². The molecule has 8 nitrogen and oxygen atoms in total.